The van der Waals surface area contributed by atoms with Gasteiger partial charge in [0.1, 0.15) is 0 Å². The summed E-state index contributed by atoms with van der Waals surface area (Å²) in [5, 5.41) is 12.6. The Morgan fingerprint density at radius 2 is 2.05 bits per heavy atom. The molecule has 5 heteroatoms. The van der Waals surface area contributed by atoms with Gasteiger partial charge in [-0.25, -0.2) is 4.39 Å². The number of ether oxygens (including phenoxy) is 1. The molecule has 0 bridgehead atoms. The Kier molecular flexibility index (Phi) is 4.66. The first-order valence-electron chi connectivity index (χ1n) is 6.34. The monoisotopic (exact) mass is 304 g/mol. The van der Waals surface area contributed by atoms with Crippen molar-refractivity contribution in [3.63, 3.8) is 0 Å². The zero-order valence-corrected chi connectivity index (χ0v) is 12.4. The van der Waals surface area contributed by atoms with Crippen molar-refractivity contribution in [1.29, 1.82) is 5.26 Å². The Hall–Kier alpha value is -2.25. The summed E-state index contributed by atoms with van der Waals surface area (Å²) in [6.07, 6.45) is 0. The molecule has 2 aromatic carbocycles. The van der Waals surface area contributed by atoms with Crippen molar-refractivity contribution in [3.05, 3.63) is 58.4 Å². The van der Waals surface area contributed by atoms with Crippen molar-refractivity contribution in [2.45, 2.75) is 13.0 Å². The van der Waals surface area contributed by atoms with E-state index in [1.807, 2.05) is 6.92 Å². The van der Waals surface area contributed by atoms with Crippen LogP contribution in [0.4, 0.5) is 10.1 Å². The molecule has 0 spiro atoms. The van der Waals surface area contributed by atoms with E-state index in [1.165, 1.54) is 13.2 Å². The second-order valence-corrected chi connectivity index (χ2v) is 4.97. The minimum absolute atomic E-state index is 0.170. The van der Waals surface area contributed by atoms with E-state index in [2.05, 4.69) is 11.4 Å². The minimum atomic E-state index is -0.416. The molecular weight excluding hydrogens is 291 g/mol. The minimum Gasteiger partial charge on any atom is -0.494 e. The number of hydrogen-bond donors (Lipinski definition) is 1. The van der Waals surface area contributed by atoms with E-state index in [0.717, 1.165) is 5.56 Å². The van der Waals surface area contributed by atoms with Crippen molar-refractivity contribution in [3.8, 4) is 11.8 Å². The molecule has 0 aliphatic rings. The molecule has 0 saturated heterocycles. The van der Waals surface area contributed by atoms with Gasteiger partial charge in [0.2, 0.25) is 0 Å². The molecule has 108 valence electrons. The Morgan fingerprint density at radius 1 is 1.29 bits per heavy atom. The quantitative estimate of drug-likeness (QED) is 0.902. The number of benzene rings is 2. The SMILES string of the molecule is COc1ccc(C(C)Nc2cc(C#N)ccc2Cl)cc1F. The molecule has 1 N–H and O–H groups in total. The van der Waals surface area contributed by atoms with Crippen LogP contribution in [0.3, 0.4) is 0 Å². The second kappa shape index (κ2) is 6.47. The third-order valence-corrected chi connectivity index (χ3v) is 3.47. The first-order valence-corrected chi connectivity index (χ1v) is 6.72. The second-order valence-electron chi connectivity index (χ2n) is 4.57. The lowest BCUT2D eigenvalue weighted by atomic mass is 10.1. The molecule has 0 amide bonds. The summed E-state index contributed by atoms with van der Waals surface area (Å²) in [7, 11) is 1.42. The fourth-order valence-corrected chi connectivity index (χ4v) is 2.15. The summed E-state index contributed by atoms with van der Waals surface area (Å²) in [5.41, 5.74) is 1.90. The van der Waals surface area contributed by atoms with Gasteiger partial charge in [0.05, 0.1) is 29.5 Å². The first kappa shape index (κ1) is 15.1. The lowest BCUT2D eigenvalue weighted by Crippen LogP contribution is -2.07. The highest BCUT2D eigenvalue weighted by atomic mass is 35.5. The predicted molar refractivity (Wildman–Crippen MR) is 81.2 cm³/mol. The largest absolute Gasteiger partial charge is 0.494 e. The van der Waals surface area contributed by atoms with E-state index in [4.69, 9.17) is 21.6 Å². The van der Waals surface area contributed by atoms with Gasteiger partial charge in [-0.3, -0.25) is 0 Å². The van der Waals surface area contributed by atoms with Gasteiger partial charge in [0.25, 0.3) is 0 Å². The Balaban J connectivity index is 2.24. The molecule has 3 nitrogen and oxygen atoms in total. The van der Waals surface area contributed by atoms with Crippen LogP contribution in [0.5, 0.6) is 5.75 Å². The molecule has 0 heterocycles. The number of rotatable bonds is 4. The highest BCUT2D eigenvalue weighted by Gasteiger charge is 2.11. The number of nitrogens with zero attached hydrogens (tertiary/aromatic N) is 1. The summed E-state index contributed by atoms with van der Waals surface area (Å²) >= 11 is 6.10. The summed E-state index contributed by atoms with van der Waals surface area (Å²) in [5.74, 6) is -0.212. The maximum absolute atomic E-state index is 13.7. The maximum atomic E-state index is 13.7. The summed E-state index contributed by atoms with van der Waals surface area (Å²) in [6.45, 7) is 1.89. The maximum Gasteiger partial charge on any atom is 0.165 e. The van der Waals surface area contributed by atoms with E-state index in [1.54, 1.807) is 30.3 Å². The van der Waals surface area contributed by atoms with Gasteiger partial charge in [-0.05, 0) is 42.8 Å². The van der Waals surface area contributed by atoms with Gasteiger partial charge in [-0.2, -0.15) is 5.26 Å². The van der Waals surface area contributed by atoms with E-state index in [0.29, 0.717) is 16.3 Å². The third kappa shape index (κ3) is 3.45. The van der Waals surface area contributed by atoms with Crippen LogP contribution < -0.4 is 10.1 Å². The van der Waals surface area contributed by atoms with Crippen molar-refractivity contribution in [2.24, 2.45) is 0 Å². The number of hydrogen-bond acceptors (Lipinski definition) is 3. The first-order chi connectivity index (χ1) is 10.0. The van der Waals surface area contributed by atoms with Gasteiger partial charge in [-0.1, -0.05) is 17.7 Å². The summed E-state index contributed by atoms with van der Waals surface area (Å²) in [4.78, 5) is 0. The molecule has 0 fully saturated rings. The van der Waals surface area contributed by atoms with Crippen LogP contribution in [0.1, 0.15) is 24.1 Å². The Bertz CT molecular complexity index is 697. The van der Waals surface area contributed by atoms with Gasteiger partial charge in [-0.15, -0.1) is 0 Å². The van der Waals surface area contributed by atoms with Crippen molar-refractivity contribution < 1.29 is 9.13 Å². The molecule has 1 atom stereocenters. The standard InChI is InChI=1S/C16H14ClFN2O/c1-10(12-4-6-16(21-2)14(18)8-12)20-15-7-11(9-19)3-5-13(15)17/h3-8,10,20H,1-2H3. The highest BCUT2D eigenvalue weighted by Crippen LogP contribution is 2.28. The number of halogens is 2. The third-order valence-electron chi connectivity index (χ3n) is 3.14. The molecule has 0 aromatic heterocycles. The zero-order chi connectivity index (χ0) is 15.4. The van der Waals surface area contributed by atoms with Gasteiger partial charge in [0, 0.05) is 6.04 Å². The van der Waals surface area contributed by atoms with Gasteiger partial charge < -0.3 is 10.1 Å². The molecule has 21 heavy (non-hydrogen) atoms. The fraction of sp³-hybridized carbons (Fsp3) is 0.188. The number of anilines is 1. The van der Waals surface area contributed by atoms with Crippen LogP contribution in [0, 0.1) is 17.1 Å². The van der Waals surface area contributed by atoms with Crippen LogP contribution in [-0.4, -0.2) is 7.11 Å². The number of methoxy groups -OCH3 is 1. The molecule has 2 rings (SSSR count). The Morgan fingerprint density at radius 3 is 2.67 bits per heavy atom. The molecule has 0 radical (unpaired) electrons. The molecule has 2 aromatic rings. The lowest BCUT2D eigenvalue weighted by molar-refractivity contribution is 0.386. The van der Waals surface area contributed by atoms with Crippen LogP contribution in [0.25, 0.3) is 0 Å². The molecule has 0 aliphatic heterocycles. The molecular formula is C16H14ClFN2O. The van der Waals surface area contributed by atoms with Crippen LogP contribution in [-0.2, 0) is 0 Å². The van der Waals surface area contributed by atoms with Crippen LogP contribution in [0.15, 0.2) is 36.4 Å². The number of nitrogens with one attached hydrogen (secondary N) is 1. The van der Waals surface area contributed by atoms with Crippen LogP contribution in [0.2, 0.25) is 5.02 Å². The fourth-order valence-electron chi connectivity index (χ4n) is 1.97. The van der Waals surface area contributed by atoms with E-state index >= 15 is 0 Å². The van der Waals surface area contributed by atoms with Crippen molar-refractivity contribution in [2.75, 3.05) is 12.4 Å². The van der Waals surface area contributed by atoms with Gasteiger partial charge >= 0.3 is 0 Å². The molecule has 1 unspecified atom stereocenters. The average molecular weight is 305 g/mol. The van der Waals surface area contributed by atoms with E-state index < -0.39 is 5.82 Å². The smallest absolute Gasteiger partial charge is 0.165 e. The topological polar surface area (TPSA) is 45.0 Å². The zero-order valence-electron chi connectivity index (χ0n) is 11.7. The molecule has 0 saturated carbocycles. The molecule has 0 aliphatic carbocycles. The number of nitriles is 1. The van der Waals surface area contributed by atoms with E-state index in [-0.39, 0.29) is 11.8 Å². The highest BCUT2D eigenvalue weighted by molar-refractivity contribution is 6.33. The van der Waals surface area contributed by atoms with E-state index in [9.17, 15) is 4.39 Å². The summed E-state index contributed by atoms with van der Waals surface area (Å²) < 4.78 is 18.6. The van der Waals surface area contributed by atoms with Crippen molar-refractivity contribution >= 4 is 17.3 Å². The lowest BCUT2D eigenvalue weighted by Gasteiger charge is -2.17. The van der Waals surface area contributed by atoms with Crippen molar-refractivity contribution in [1.82, 2.24) is 0 Å². The average Bonchev–Trinajstić information content (AvgIpc) is 2.49. The Labute approximate surface area is 127 Å². The van der Waals surface area contributed by atoms with Gasteiger partial charge in [0.15, 0.2) is 11.6 Å². The summed E-state index contributed by atoms with van der Waals surface area (Å²) in [6, 6.07) is 11.6. The normalized spacial score (nSPS) is 11.6. The predicted octanol–water partition coefficient (Wildman–Crippen LogP) is 4.53. The van der Waals surface area contributed by atoms with Crippen LogP contribution >= 0.6 is 11.6 Å².